The Bertz CT molecular complexity index is 813. The van der Waals surface area contributed by atoms with Gasteiger partial charge in [-0.15, -0.1) is 0 Å². The quantitative estimate of drug-likeness (QED) is 0.745. The summed E-state index contributed by atoms with van der Waals surface area (Å²) in [6.07, 6.45) is 0. The molecule has 1 aliphatic rings. The molecule has 0 bridgehead atoms. The Kier molecular flexibility index (Phi) is 6.25. The van der Waals surface area contributed by atoms with Gasteiger partial charge in [-0.2, -0.15) is 0 Å². The number of methoxy groups -OCH3 is 1. The molecule has 3 rings (SSSR count). The smallest absolute Gasteiger partial charge is 0.309 e. The minimum atomic E-state index is -0.687. The highest BCUT2D eigenvalue weighted by atomic mass is 16.5. The number of rotatable bonds is 8. The van der Waals surface area contributed by atoms with Crippen molar-refractivity contribution in [2.45, 2.75) is 33.4 Å². The van der Waals surface area contributed by atoms with Crippen LogP contribution >= 0.6 is 0 Å². The standard InChI is InChI=1S/C23H30N2O3/c1-5-25(21-8-10-22(28-4)11-9-21)17(3)18-7-6-16(2)19(12-18)13-24-14-20(15-24)23(26)27/h6-12,17,20H,5,13-15H2,1-4H3,(H,26,27). The Morgan fingerprint density at radius 3 is 2.50 bits per heavy atom. The Balaban J connectivity index is 1.75. The lowest BCUT2D eigenvalue weighted by molar-refractivity contribution is -0.147. The van der Waals surface area contributed by atoms with Crippen LogP contribution in [0, 0.1) is 12.8 Å². The SMILES string of the molecule is CCN(c1ccc(OC)cc1)C(C)c1ccc(C)c(CN2CC(C(=O)O)C2)c1. The number of carbonyl (C=O) groups is 1. The lowest BCUT2D eigenvalue weighted by Crippen LogP contribution is -2.49. The van der Waals surface area contributed by atoms with Gasteiger partial charge in [-0.05, 0) is 61.7 Å². The summed E-state index contributed by atoms with van der Waals surface area (Å²) in [5, 5.41) is 9.08. The van der Waals surface area contributed by atoms with Gasteiger partial charge in [0.15, 0.2) is 0 Å². The zero-order chi connectivity index (χ0) is 20.3. The van der Waals surface area contributed by atoms with Gasteiger partial charge in [-0.25, -0.2) is 0 Å². The third-order valence-corrected chi connectivity index (χ3v) is 5.77. The summed E-state index contributed by atoms with van der Waals surface area (Å²) in [5.74, 6) is -0.0409. The van der Waals surface area contributed by atoms with Gasteiger partial charge in [0.2, 0.25) is 0 Å². The topological polar surface area (TPSA) is 53.0 Å². The van der Waals surface area contributed by atoms with Gasteiger partial charge >= 0.3 is 5.97 Å². The van der Waals surface area contributed by atoms with Crippen LogP contribution in [0.5, 0.6) is 5.75 Å². The van der Waals surface area contributed by atoms with Crippen molar-refractivity contribution in [2.24, 2.45) is 5.92 Å². The summed E-state index contributed by atoms with van der Waals surface area (Å²) in [6, 6.07) is 15.1. The largest absolute Gasteiger partial charge is 0.497 e. The summed E-state index contributed by atoms with van der Waals surface area (Å²) in [7, 11) is 1.68. The van der Waals surface area contributed by atoms with Crippen LogP contribution in [-0.4, -0.2) is 42.7 Å². The highest BCUT2D eigenvalue weighted by Crippen LogP contribution is 2.30. The summed E-state index contributed by atoms with van der Waals surface area (Å²) in [4.78, 5) is 15.6. The molecular weight excluding hydrogens is 352 g/mol. The number of carboxylic acids is 1. The first kappa shape index (κ1) is 20.2. The van der Waals surface area contributed by atoms with Crippen molar-refractivity contribution in [1.29, 1.82) is 0 Å². The number of aliphatic carboxylic acids is 1. The van der Waals surface area contributed by atoms with Gasteiger partial charge in [-0.1, -0.05) is 18.2 Å². The highest BCUT2D eigenvalue weighted by molar-refractivity contribution is 5.71. The van der Waals surface area contributed by atoms with Gasteiger partial charge in [-0.3, -0.25) is 9.69 Å². The van der Waals surface area contributed by atoms with Crippen molar-refractivity contribution in [3.8, 4) is 5.75 Å². The molecule has 5 nitrogen and oxygen atoms in total. The molecule has 5 heteroatoms. The van der Waals surface area contributed by atoms with Crippen molar-refractivity contribution in [2.75, 3.05) is 31.6 Å². The third-order valence-electron chi connectivity index (χ3n) is 5.77. The predicted molar refractivity (Wildman–Crippen MR) is 112 cm³/mol. The second kappa shape index (κ2) is 8.65. The fraction of sp³-hybridized carbons (Fsp3) is 0.435. The van der Waals surface area contributed by atoms with Crippen LogP contribution in [0.4, 0.5) is 5.69 Å². The zero-order valence-electron chi connectivity index (χ0n) is 17.2. The Morgan fingerprint density at radius 2 is 1.93 bits per heavy atom. The minimum absolute atomic E-state index is 0.215. The fourth-order valence-corrected chi connectivity index (χ4v) is 3.85. The number of hydrogen-bond donors (Lipinski definition) is 1. The molecule has 150 valence electrons. The van der Waals surface area contributed by atoms with E-state index in [0.29, 0.717) is 13.1 Å². The molecule has 0 aliphatic carbocycles. The van der Waals surface area contributed by atoms with E-state index in [9.17, 15) is 4.79 Å². The molecule has 28 heavy (non-hydrogen) atoms. The molecule has 1 unspecified atom stereocenters. The van der Waals surface area contributed by atoms with Crippen LogP contribution in [-0.2, 0) is 11.3 Å². The van der Waals surface area contributed by atoms with E-state index in [1.807, 2.05) is 12.1 Å². The van der Waals surface area contributed by atoms with Gasteiger partial charge in [0.25, 0.3) is 0 Å². The Morgan fingerprint density at radius 1 is 1.25 bits per heavy atom. The molecule has 2 aromatic rings. The average Bonchev–Trinajstić information content (AvgIpc) is 2.66. The van der Waals surface area contributed by atoms with Crippen LogP contribution in [0.1, 0.15) is 36.6 Å². The number of aryl methyl sites for hydroxylation is 1. The number of benzene rings is 2. The van der Waals surface area contributed by atoms with Crippen molar-refractivity contribution < 1.29 is 14.6 Å². The van der Waals surface area contributed by atoms with Crippen LogP contribution < -0.4 is 9.64 Å². The minimum Gasteiger partial charge on any atom is -0.497 e. The maximum Gasteiger partial charge on any atom is 0.309 e. The van der Waals surface area contributed by atoms with Crippen molar-refractivity contribution in [3.63, 3.8) is 0 Å². The summed E-state index contributed by atoms with van der Waals surface area (Å²) >= 11 is 0. The molecular formula is C23H30N2O3. The van der Waals surface area contributed by atoms with E-state index in [4.69, 9.17) is 9.84 Å². The Labute approximate surface area is 167 Å². The van der Waals surface area contributed by atoms with Gasteiger partial charge in [0.05, 0.1) is 19.1 Å². The second-order valence-electron chi connectivity index (χ2n) is 7.58. The molecule has 0 radical (unpaired) electrons. The average molecular weight is 383 g/mol. The number of carboxylic acid groups (broad SMARTS) is 1. The number of likely N-dealkylation sites (tertiary alicyclic amines) is 1. The first-order valence-electron chi connectivity index (χ1n) is 9.88. The van der Waals surface area contributed by atoms with Crippen molar-refractivity contribution >= 4 is 11.7 Å². The zero-order valence-corrected chi connectivity index (χ0v) is 17.2. The molecule has 1 heterocycles. The molecule has 1 N–H and O–H groups in total. The molecule has 1 saturated heterocycles. The summed E-state index contributed by atoms with van der Waals surface area (Å²) < 4.78 is 5.27. The molecule has 0 aromatic heterocycles. The van der Waals surface area contributed by atoms with E-state index in [0.717, 1.165) is 18.8 Å². The molecule has 0 saturated carbocycles. The Hall–Kier alpha value is -2.53. The lowest BCUT2D eigenvalue weighted by Gasteiger charge is -2.37. The first-order valence-corrected chi connectivity index (χ1v) is 9.88. The van der Waals surface area contributed by atoms with E-state index >= 15 is 0 Å². The van der Waals surface area contributed by atoms with E-state index in [2.05, 4.69) is 60.9 Å². The van der Waals surface area contributed by atoms with Gasteiger partial charge in [0.1, 0.15) is 5.75 Å². The molecule has 1 fully saturated rings. The van der Waals surface area contributed by atoms with Crippen LogP contribution in [0.2, 0.25) is 0 Å². The van der Waals surface area contributed by atoms with Gasteiger partial charge in [0, 0.05) is 31.9 Å². The predicted octanol–water partition coefficient (Wildman–Crippen LogP) is 4.11. The van der Waals surface area contributed by atoms with Crippen LogP contribution in [0.25, 0.3) is 0 Å². The molecule has 1 aliphatic heterocycles. The van der Waals surface area contributed by atoms with E-state index in [1.165, 1.54) is 22.4 Å². The molecule has 1 atom stereocenters. The normalized spacial score (nSPS) is 15.7. The van der Waals surface area contributed by atoms with E-state index in [-0.39, 0.29) is 12.0 Å². The monoisotopic (exact) mass is 382 g/mol. The van der Waals surface area contributed by atoms with Crippen LogP contribution in [0.15, 0.2) is 42.5 Å². The van der Waals surface area contributed by atoms with E-state index < -0.39 is 5.97 Å². The number of anilines is 1. The van der Waals surface area contributed by atoms with Crippen molar-refractivity contribution in [1.82, 2.24) is 4.90 Å². The van der Waals surface area contributed by atoms with E-state index in [1.54, 1.807) is 7.11 Å². The molecule has 0 spiro atoms. The highest BCUT2D eigenvalue weighted by Gasteiger charge is 2.32. The number of hydrogen-bond acceptors (Lipinski definition) is 4. The summed E-state index contributed by atoms with van der Waals surface area (Å²) in [6.45, 7) is 9.52. The second-order valence-corrected chi connectivity index (χ2v) is 7.58. The van der Waals surface area contributed by atoms with Crippen molar-refractivity contribution in [3.05, 3.63) is 59.2 Å². The lowest BCUT2D eigenvalue weighted by atomic mass is 9.96. The maximum absolute atomic E-state index is 11.0. The summed E-state index contributed by atoms with van der Waals surface area (Å²) in [5.41, 5.74) is 4.97. The first-order chi connectivity index (χ1) is 13.4. The van der Waals surface area contributed by atoms with Gasteiger partial charge < -0.3 is 14.7 Å². The third kappa shape index (κ3) is 4.30. The molecule has 0 amide bonds. The molecule has 2 aromatic carbocycles. The fourth-order valence-electron chi connectivity index (χ4n) is 3.85. The number of nitrogens with zero attached hydrogens (tertiary/aromatic N) is 2. The van der Waals surface area contributed by atoms with Crippen LogP contribution in [0.3, 0.4) is 0 Å². The maximum atomic E-state index is 11.0. The number of ether oxygens (including phenoxy) is 1.